The largest absolute Gasteiger partial charge is 0.330 e. The second kappa shape index (κ2) is 6.88. The first-order chi connectivity index (χ1) is 8.79. The van der Waals surface area contributed by atoms with Crippen LogP contribution in [0.3, 0.4) is 0 Å². The summed E-state index contributed by atoms with van der Waals surface area (Å²) in [6.45, 7) is 8.86. The van der Waals surface area contributed by atoms with Gasteiger partial charge in [-0.25, -0.2) is 0 Å². The molecule has 18 heavy (non-hydrogen) atoms. The highest BCUT2D eigenvalue weighted by atomic mass is 15.3. The van der Waals surface area contributed by atoms with Gasteiger partial charge in [-0.05, 0) is 25.5 Å². The van der Waals surface area contributed by atoms with Crippen LogP contribution < -0.4 is 5.73 Å². The van der Waals surface area contributed by atoms with E-state index in [0.29, 0.717) is 6.04 Å². The van der Waals surface area contributed by atoms with Crippen molar-refractivity contribution in [2.24, 2.45) is 5.73 Å². The van der Waals surface area contributed by atoms with Crippen molar-refractivity contribution in [1.82, 2.24) is 9.80 Å². The molecule has 0 amide bonds. The highest BCUT2D eigenvalue weighted by molar-refractivity contribution is 5.14. The topological polar surface area (TPSA) is 32.5 Å². The van der Waals surface area contributed by atoms with E-state index in [2.05, 4.69) is 47.1 Å². The van der Waals surface area contributed by atoms with Gasteiger partial charge in [0, 0.05) is 38.8 Å². The maximum atomic E-state index is 5.63. The Kier molecular flexibility index (Phi) is 5.17. The maximum absolute atomic E-state index is 5.63. The van der Waals surface area contributed by atoms with Crippen LogP contribution >= 0.6 is 0 Å². The lowest BCUT2D eigenvalue weighted by molar-refractivity contribution is 0.0954. The van der Waals surface area contributed by atoms with Crippen LogP contribution in [0.4, 0.5) is 0 Å². The normalized spacial score (nSPS) is 19.9. The Morgan fingerprint density at radius 2 is 1.78 bits per heavy atom. The smallest absolute Gasteiger partial charge is 0.0234 e. The molecule has 1 fully saturated rings. The lowest BCUT2D eigenvalue weighted by atomic mass is 10.1. The summed E-state index contributed by atoms with van der Waals surface area (Å²) in [5, 5.41) is 0. The number of hydrogen-bond acceptors (Lipinski definition) is 3. The molecule has 0 aliphatic carbocycles. The Hall–Kier alpha value is -0.900. The third-order valence-electron chi connectivity index (χ3n) is 3.86. The molecular formula is C15H25N3. The van der Waals surface area contributed by atoms with Crippen molar-refractivity contribution in [1.29, 1.82) is 0 Å². The summed E-state index contributed by atoms with van der Waals surface area (Å²) in [6, 6.07) is 11.4. The molecule has 0 radical (unpaired) electrons. The summed E-state index contributed by atoms with van der Waals surface area (Å²) in [4.78, 5) is 5.11. The number of piperazine rings is 1. The summed E-state index contributed by atoms with van der Waals surface area (Å²) in [5.74, 6) is 0. The summed E-state index contributed by atoms with van der Waals surface area (Å²) in [6.07, 6.45) is 1.11. The molecule has 1 atom stereocenters. The van der Waals surface area contributed by atoms with Crippen LogP contribution in [-0.2, 0) is 6.54 Å². The summed E-state index contributed by atoms with van der Waals surface area (Å²) in [5.41, 5.74) is 7.05. The van der Waals surface area contributed by atoms with Crippen molar-refractivity contribution in [2.45, 2.75) is 25.9 Å². The molecule has 1 aliphatic heterocycles. The second-order valence-electron chi connectivity index (χ2n) is 5.22. The van der Waals surface area contributed by atoms with Gasteiger partial charge in [-0.2, -0.15) is 0 Å². The molecule has 0 bridgehead atoms. The molecular weight excluding hydrogens is 222 g/mol. The van der Waals surface area contributed by atoms with Crippen molar-refractivity contribution in [3.8, 4) is 0 Å². The fourth-order valence-corrected chi connectivity index (χ4v) is 2.63. The average Bonchev–Trinajstić information content (AvgIpc) is 2.41. The van der Waals surface area contributed by atoms with Crippen LogP contribution in [0.25, 0.3) is 0 Å². The Morgan fingerprint density at radius 1 is 1.11 bits per heavy atom. The first-order valence-electron chi connectivity index (χ1n) is 7.00. The maximum Gasteiger partial charge on any atom is 0.0234 e. The van der Waals surface area contributed by atoms with Gasteiger partial charge < -0.3 is 5.73 Å². The van der Waals surface area contributed by atoms with Crippen LogP contribution in [-0.4, -0.2) is 48.6 Å². The number of benzene rings is 1. The lowest BCUT2D eigenvalue weighted by Gasteiger charge is -2.38. The van der Waals surface area contributed by atoms with Gasteiger partial charge in [0.15, 0.2) is 0 Å². The SMILES string of the molecule is CC(CCN)N1CCN(Cc2ccccc2)CC1. The Labute approximate surface area is 111 Å². The van der Waals surface area contributed by atoms with Gasteiger partial charge in [0.05, 0.1) is 0 Å². The van der Waals surface area contributed by atoms with Gasteiger partial charge in [-0.3, -0.25) is 9.80 Å². The van der Waals surface area contributed by atoms with Crippen LogP contribution in [0, 0.1) is 0 Å². The molecule has 0 spiro atoms. The molecule has 1 saturated heterocycles. The molecule has 0 aromatic heterocycles. The third-order valence-corrected chi connectivity index (χ3v) is 3.86. The zero-order valence-electron chi connectivity index (χ0n) is 11.4. The van der Waals surface area contributed by atoms with E-state index >= 15 is 0 Å². The monoisotopic (exact) mass is 247 g/mol. The molecule has 0 saturated carbocycles. The van der Waals surface area contributed by atoms with Crippen molar-refractivity contribution in [3.05, 3.63) is 35.9 Å². The van der Waals surface area contributed by atoms with Crippen molar-refractivity contribution in [3.63, 3.8) is 0 Å². The third kappa shape index (κ3) is 3.80. The summed E-state index contributed by atoms with van der Waals surface area (Å²) in [7, 11) is 0. The minimum atomic E-state index is 0.633. The molecule has 100 valence electrons. The Bertz CT molecular complexity index is 331. The van der Waals surface area contributed by atoms with E-state index < -0.39 is 0 Å². The Morgan fingerprint density at radius 3 is 2.39 bits per heavy atom. The predicted octanol–water partition coefficient (Wildman–Crippen LogP) is 1.54. The number of nitrogens with two attached hydrogens (primary N) is 1. The van der Waals surface area contributed by atoms with Gasteiger partial charge in [-0.15, -0.1) is 0 Å². The summed E-state index contributed by atoms with van der Waals surface area (Å²) >= 11 is 0. The van der Waals surface area contributed by atoms with E-state index in [4.69, 9.17) is 5.73 Å². The van der Waals surface area contributed by atoms with Gasteiger partial charge in [0.1, 0.15) is 0 Å². The van der Waals surface area contributed by atoms with E-state index in [1.54, 1.807) is 0 Å². The predicted molar refractivity (Wildman–Crippen MR) is 76.4 cm³/mol. The number of hydrogen-bond donors (Lipinski definition) is 1. The molecule has 1 unspecified atom stereocenters. The molecule has 1 aromatic carbocycles. The molecule has 2 rings (SSSR count). The van der Waals surface area contributed by atoms with E-state index in [-0.39, 0.29) is 0 Å². The molecule has 1 aliphatic rings. The summed E-state index contributed by atoms with van der Waals surface area (Å²) < 4.78 is 0. The fourth-order valence-electron chi connectivity index (χ4n) is 2.63. The molecule has 3 heteroatoms. The fraction of sp³-hybridized carbons (Fsp3) is 0.600. The molecule has 2 N–H and O–H groups in total. The van der Waals surface area contributed by atoms with Crippen LogP contribution in [0.2, 0.25) is 0 Å². The highest BCUT2D eigenvalue weighted by Gasteiger charge is 2.20. The standard InChI is InChI=1S/C15H25N3/c1-14(7-8-16)18-11-9-17(10-12-18)13-15-5-3-2-4-6-15/h2-6,14H,7-13,16H2,1H3. The minimum Gasteiger partial charge on any atom is -0.330 e. The van der Waals surface area contributed by atoms with Crippen LogP contribution in [0.1, 0.15) is 18.9 Å². The van der Waals surface area contributed by atoms with Gasteiger partial charge in [-0.1, -0.05) is 30.3 Å². The lowest BCUT2D eigenvalue weighted by Crippen LogP contribution is -2.49. The Balaban J connectivity index is 1.77. The van der Waals surface area contributed by atoms with Crippen molar-refractivity contribution in [2.75, 3.05) is 32.7 Å². The van der Waals surface area contributed by atoms with E-state index in [1.165, 1.54) is 31.7 Å². The minimum absolute atomic E-state index is 0.633. The quantitative estimate of drug-likeness (QED) is 0.856. The van der Waals surface area contributed by atoms with Crippen LogP contribution in [0.15, 0.2) is 30.3 Å². The number of rotatable bonds is 5. The molecule has 3 nitrogen and oxygen atoms in total. The van der Waals surface area contributed by atoms with Gasteiger partial charge in [0.2, 0.25) is 0 Å². The molecule has 1 aromatic rings. The average molecular weight is 247 g/mol. The van der Waals surface area contributed by atoms with E-state index in [1.807, 2.05) is 0 Å². The van der Waals surface area contributed by atoms with Crippen molar-refractivity contribution >= 4 is 0 Å². The van der Waals surface area contributed by atoms with Crippen LogP contribution in [0.5, 0.6) is 0 Å². The first-order valence-corrected chi connectivity index (χ1v) is 7.00. The zero-order valence-corrected chi connectivity index (χ0v) is 11.4. The number of nitrogens with zero attached hydrogens (tertiary/aromatic N) is 2. The van der Waals surface area contributed by atoms with E-state index in [9.17, 15) is 0 Å². The second-order valence-corrected chi connectivity index (χ2v) is 5.22. The molecule has 1 heterocycles. The van der Waals surface area contributed by atoms with Gasteiger partial charge in [0.25, 0.3) is 0 Å². The van der Waals surface area contributed by atoms with E-state index in [0.717, 1.165) is 19.5 Å². The first kappa shape index (κ1) is 13.5. The highest BCUT2D eigenvalue weighted by Crippen LogP contribution is 2.11. The zero-order chi connectivity index (χ0) is 12.8. The van der Waals surface area contributed by atoms with Crippen molar-refractivity contribution < 1.29 is 0 Å². The van der Waals surface area contributed by atoms with Gasteiger partial charge >= 0.3 is 0 Å².